The van der Waals surface area contributed by atoms with Crippen LogP contribution >= 0.6 is 0 Å². The molecule has 2 unspecified atom stereocenters. The number of rotatable bonds is 4. The highest BCUT2D eigenvalue weighted by molar-refractivity contribution is 5.98. The van der Waals surface area contributed by atoms with Crippen LogP contribution in [0, 0.1) is 5.82 Å². The number of ether oxygens (including phenoxy) is 2. The van der Waals surface area contributed by atoms with Gasteiger partial charge in [-0.1, -0.05) is 36.4 Å². The second-order valence-electron chi connectivity index (χ2n) is 8.15. The third-order valence-electron chi connectivity index (χ3n) is 5.91. The predicted octanol–water partition coefficient (Wildman–Crippen LogP) is 3.98. The van der Waals surface area contributed by atoms with E-state index < -0.39 is 6.10 Å². The van der Waals surface area contributed by atoms with Crippen LogP contribution in [0.2, 0.25) is 0 Å². The third-order valence-corrected chi connectivity index (χ3v) is 5.91. The number of para-hydroxylation sites is 1. The molecule has 0 aliphatic carbocycles. The van der Waals surface area contributed by atoms with E-state index in [4.69, 9.17) is 9.47 Å². The average Bonchev–Trinajstić information content (AvgIpc) is 3.29. The third kappa shape index (κ3) is 4.59. The highest BCUT2D eigenvalue weighted by Gasteiger charge is 2.29. The van der Waals surface area contributed by atoms with Crippen LogP contribution < -0.4 is 10.1 Å². The summed E-state index contributed by atoms with van der Waals surface area (Å²) in [4.78, 5) is 27.6. The van der Waals surface area contributed by atoms with Crippen LogP contribution in [0.1, 0.15) is 27.6 Å². The number of nitrogens with one attached hydrogen (secondary N) is 1. The highest BCUT2D eigenvalue weighted by Crippen LogP contribution is 2.29. The summed E-state index contributed by atoms with van der Waals surface area (Å²) in [6, 6.07) is 20.6. The lowest BCUT2D eigenvalue weighted by atomic mass is 10.1. The maximum Gasteiger partial charge on any atom is 0.265 e. The first kappa shape index (κ1) is 21.2. The van der Waals surface area contributed by atoms with Gasteiger partial charge < -0.3 is 19.7 Å². The molecule has 5 rings (SSSR count). The fourth-order valence-corrected chi connectivity index (χ4v) is 4.18. The Morgan fingerprint density at radius 3 is 2.64 bits per heavy atom. The van der Waals surface area contributed by atoms with Crippen LogP contribution in [-0.2, 0) is 16.0 Å². The summed E-state index contributed by atoms with van der Waals surface area (Å²) in [5.41, 5.74) is 2.84. The van der Waals surface area contributed by atoms with Gasteiger partial charge in [-0.15, -0.1) is 0 Å². The second-order valence-corrected chi connectivity index (χ2v) is 8.15. The Balaban J connectivity index is 1.24. The van der Waals surface area contributed by atoms with Crippen LogP contribution in [0.15, 0.2) is 72.8 Å². The molecule has 7 heteroatoms. The largest absolute Gasteiger partial charge is 0.480 e. The number of morpholine rings is 1. The smallest absolute Gasteiger partial charge is 0.265 e. The number of hydrogen-bond acceptors (Lipinski definition) is 4. The van der Waals surface area contributed by atoms with E-state index in [-0.39, 0.29) is 23.7 Å². The van der Waals surface area contributed by atoms with E-state index in [0.717, 1.165) is 16.9 Å². The lowest BCUT2D eigenvalue weighted by molar-refractivity contribution is -0.122. The maximum absolute atomic E-state index is 13.2. The number of carbonyl (C=O) groups is 2. The van der Waals surface area contributed by atoms with E-state index in [9.17, 15) is 14.0 Å². The molecule has 2 aliphatic rings. The van der Waals surface area contributed by atoms with Crippen LogP contribution in [0.3, 0.4) is 0 Å². The topological polar surface area (TPSA) is 67.9 Å². The number of carbonyl (C=O) groups excluding carboxylic acids is 2. The van der Waals surface area contributed by atoms with Crippen molar-refractivity contribution in [2.75, 3.05) is 25.0 Å². The van der Waals surface area contributed by atoms with Crippen molar-refractivity contribution in [2.45, 2.75) is 18.6 Å². The number of benzene rings is 3. The Morgan fingerprint density at radius 1 is 1.00 bits per heavy atom. The quantitative estimate of drug-likeness (QED) is 0.658. The number of fused-ring (bicyclic) bond motifs is 1. The molecule has 1 N–H and O–H groups in total. The predicted molar refractivity (Wildman–Crippen MR) is 121 cm³/mol. The lowest BCUT2D eigenvalue weighted by Crippen LogP contribution is -2.42. The molecule has 6 nitrogen and oxygen atoms in total. The minimum Gasteiger partial charge on any atom is -0.480 e. The molecule has 0 radical (unpaired) electrons. The van der Waals surface area contributed by atoms with E-state index >= 15 is 0 Å². The van der Waals surface area contributed by atoms with Gasteiger partial charge in [-0.3, -0.25) is 9.59 Å². The first-order chi connectivity index (χ1) is 16.1. The number of amides is 2. The van der Waals surface area contributed by atoms with Gasteiger partial charge in [0, 0.05) is 24.2 Å². The highest BCUT2D eigenvalue weighted by atomic mass is 19.1. The van der Waals surface area contributed by atoms with E-state index in [1.54, 1.807) is 41.3 Å². The van der Waals surface area contributed by atoms with E-state index in [2.05, 4.69) is 5.32 Å². The van der Waals surface area contributed by atoms with Crippen molar-refractivity contribution in [3.8, 4) is 5.75 Å². The first-order valence-corrected chi connectivity index (χ1v) is 10.9. The molecule has 1 fully saturated rings. The summed E-state index contributed by atoms with van der Waals surface area (Å²) in [6.45, 7) is 1.22. The van der Waals surface area contributed by atoms with Gasteiger partial charge in [0.1, 0.15) is 17.7 Å². The van der Waals surface area contributed by atoms with E-state index in [1.807, 2.05) is 24.3 Å². The first-order valence-electron chi connectivity index (χ1n) is 10.9. The zero-order chi connectivity index (χ0) is 22.8. The molecular formula is C26H23FN2O4. The molecule has 168 valence electrons. The van der Waals surface area contributed by atoms with Gasteiger partial charge in [0.15, 0.2) is 6.10 Å². The van der Waals surface area contributed by atoms with Gasteiger partial charge in [0.25, 0.3) is 11.8 Å². The molecule has 0 saturated carbocycles. The molecule has 3 aromatic carbocycles. The fourth-order valence-electron chi connectivity index (χ4n) is 4.18. The Kier molecular flexibility index (Phi) is 5.79. The summed E-state index contributed by atoms with van der Waals surface area (Å²) in [7, 11) is 0. The molecule has 33 heavy (non-hydrogen) atoms. The Labute approximate surface area is 190 Å². The van der Waals surface area contributed by atoms with Crippen molar-refractivity contribution in [1.82, 2.24) is 4.90 Å². The molecule has 2 atom stereocenters. The maximum atomic E-state index is 13.2. The van der Waals surface area contributed by atoms with Crippen molar-refractivity contribution in [3.05, 3.63) is 95.3 Å². The van der Waals surface area contributed by atoms with Crippen LogP contribution in [0.25, 0.3) is 0 Å². The molecule has 0 spiro atoms. The van der Waals surface area contributed by atoms with Gasteiger partial charge in [-0.25, -0.2) is 4.39 Å². The SMILES string of the molecule is O=C(Nc1cccc(C(=O)N2CCOC(c3ccc(F)cc3)C2)c1)C1Cc2ccccc2O1. The zero-order valence-electron chi connectivity index (χ0n) is 17.9. The van der Waals surface area contributed by atoms with Gasteiger partial charge in [-0.05, 0) is 47.5 Å². The summed E-state index contributed by atoms with van der Waals surface area (Å²) < 4.78 is 24.8. The van der Waals surface area contributed by atoms with Gasteiger partial charge in [0.2, 0.25) is 0 Å². The normalized spacial score (nSPS) is 19.5. The monoisotopic (exact) mass is 446 g/mol. The van der Waals surface area contributed by atoms with Crippen molar-refractivity contribution >= 4 is 17.5 Å². The molecule has 2 amide bonds. The molecular weight excluding hydrogens is 423 g/mol. The molecule has 3 aromatic rings. The standard InChI is InChI=1S/C26H23FN2O4/c27-20-10-8-17(9-11-20)24-16-29(12-13-32-24)26(31)19-5-3-6-21(14-19)28-25(30)23-15-18-4-1-2-7-22(18)33-23/h1-11,14,23-24H,12-13,15-16H2,(H,28,30). The zero-order valence-corrected chi connectivity index (χ0v) is 17.9. The van der Waals surface area contributed by atoms with Crippen molar-refractivity contribution < 1.29 is 23.5 Å². The Bertz CT molecular complexity index is 1160. The number of halogens is 1. The van der Waals surface area contributed by atoms with Crippen molar-refractivity contribution in [2.24, 2.45) is 0 Å². The Morgan fingerprint density at radius 2 is 1.82 bits per heavy atom. The Hall–Kier alpha value is -3.71. The van der Waals surface area contributed by atoms with E-state index in [1.165, 1.54) is 12.1 Å². The van der Waals surface area contributed by atoms with Crippen LogP contribution in [-0.4, -0.2) is 42.5 Å². The lowest BCUT2D eigenvalue weighted by Gasteiger charge is -2.33. The number of anilines is 1. The molecule has 2 aliphatic heterocycles. The minimum atomic E-state index is -0.600. The van der Waals surface area contributed by atoms with Gasteiger partial charge >= 0.3 is 0 Å². The minimum absolute atomic E-state index is 0.147. The van der Waals surface area contributed by atoms with E-state index in [0.29, 0.717) is 37.4 Å². The van der Waals surface area contributed by atoms with Crippen LogP contribution in [0.4, 0.5) is 10.1 Å². The summed E-state index contributed by atoms with van der Waals surface area (Å²) in [5.74, 6) is 0.0161. The van der Waals surface area contributed by atoms with Gasteiger partial charge in [-0.2, -0.15) is 0 Å². The second kappa shape index (κ2) is 9.03. The molecule has 0 aromatic heterocycles. The molecule has 1 saturated heterocycles. The number of nitrogens with zero attached hydrogens (tertiary/aromatic N) is 1. The summed E-state index contributed by atoms with van der Waals surface area (Å²) in [5, 5.41) is 2.86. The summed E-state index contributed by atoms with van der Waals surface area (Å²) >= 11 is 0. The fraction of sp³-hybridized carbons (Fsp3) is 0.231. The van der Waals surface area contributed by atoms with Crippen LogP contribution in [0.5, 0.6) is 5.75 Å². The van der Waals surface area contributed by atoms with Crippen molar-refractivity contribution in [3.63, 3.8) is 0 Å². The van der Waals surface area contributed by atoms with Crippen molar-refractivity contribution in [1.29, 1.82) is 0 Å². The molecule has 2 heterocycles. The number of hydrogen-bond donors (Lipinski definition) is 1. The average molecular weight is 446 g/mol. The molecule has 0 bridgehead atoms. The van der Waals surface area contributed by atoms with Gasteiger partial charge in [0.05, 0.1) is 13.2 Å². The summed E-state index contributed by atoms with van der Waals surface area (Å²) in [6.07, 6.45) is -0.399.